The minimum absolute atomic E-state index is 0.375. The summed E-state index contributed by atoms with van der Waals surface area (Å²) in [6.07, 6.45) is 8.82. The molecule has 0 bridgehead atoms. The molecule has 0 N–H and O–H groups in total. The zero-order chi connectivity index (χ0) is 13.8. The first-order valence-corrected chi connectivity index (χ1v) is 7.46. The molecule has 3 heteroatoms. The van der Waals surface area contributed by atoms with E-state index in [1.165, 1.54) is 21.4 Å². The van der Waals surface area contributed by atoms with E-state index in [9.17, 15) is 0 Å². The quantitative estimate of drug-likeness (QED) is 0.523. The molecule has 0 aromatic carbocycles. The summed E-state index contributed by atoms with van der Waals surface area (Å²) in [6.45, 7) is 14.0. The molecule has 1 rings (SSSR count). The molecule has 0 saturated carbocycles. The van der Waals surface area contributed by atoms with Crippen molar-refractivity contribution in [1.82, 2.24) is 0 Å². The predicted molar refractivity (Wildman–Crippen MR) is 90.5 cm³/mol. The van der Waals surface area contributed by atoms with Crippen molar-refractivity contribution in [3.8, 4) is 0 Å². The summed E-state index contributed by atoms with van der Waals surface area (Å²) in [5.74, 6) is 1.41. The van der Waals surface area contributed by atoms with Crippen LogP contribution < -0.4 is 0 Å². The molecule has 0 aromatic heterocycles. The first-order chi connectivity index (χ1) is 8.46. The molecule has 0 radical (unpaired) electrons. The Bertz CT molecular complexity index is 354. The molecular weight excluding hydrogens is 213 g/mol. The molecule has 0 saturated heterocycles. The van der Waals surface area contributed by atoms with Crippen LogP contribution in [-0.2, 0) is 0 Å². The number of hydrogen-bond acceptors (Lipinski definition) is 0. The van der Waals surface area contributed by atoms with Gasteiger partial charge in [0, 0.05) is 0 Å². The summed E-state index contributed by atoms with van der Waals surface area (Å²) < 4.78 is 0. The van der Waals surface area contributed by atoms with Crippen molar-refractivity contribution in [2.24, 2.45) is 11.8 Å². The lowest BCUT2D eigenvalue weighted by molar-refractivity contribution is 0.362. The Morgan fingerprint density at radius 2 is 1.67 bits per heavy atom. The third-order valence-electron chi connectivity index (χ3n) is 4.73. The molecule has 1 heterocycles. The van der Waals surface area contributed by atoms with Crippen LogP contribution in [0.25, 0.3) is 0 Å². The number of allylic oxidation sites excluding steroid dienone is 6. The number of hydrogen-bond donors (Lipinski definition) is 0. The number of rotatable bonds is 4. The van der Waals surface area contributed by atoms with Gasteiger partial charge in [-0.3, -0.25) is 0 Å². The van der Waals surface area contributed by atoms with Gasteiger partial charge in [0.25, 0.3) is 0 Å². The highest BCUT2D eigenvalue weighted by Gasteiger charge is 2.42. The summed E-state index contributed by atoms with van der Waals surface area (Å²) in [5.41, 5.74) is 3.21. The van der Waals surface area contributed by atoms with Crippen LogP contribution in [0, 0.1) is 11.8 Å². The maximum atomic E-state index is 2.39. The maximum Gasteiger partial charge on any atom is 0.109 e. The van der Waals surface area contributed by atoms with Crippen LogP contribution in [0.5, 0.6) is 0 Å². The van der Waals surface area contributed by atoms with Gasteiger partial charge in [-0.1, -0.05) is 64.5 Å². The van der Waals surface area contributed by atoms with Gasteiger partial charge in [-0.15, -0.1) is 5.47 Å². The molecule has 0 aromatic rings. The Balaban J connectivity index is 3.25. The van der Waals surface area contributed by atoms with Gasteiger partial charge >= 0.3 is 0 Å². The summed E-state index contributed by atoms with van der Waals surface area (Å²) in [7, 11) is 3.97. The molecule has 96 valence electrons. The van der Waals surface area contributed by atoms with E-state index in [1.54, 1.807) is 11.0 Å². The van der Waals surface area contributed by atoms with Gasteiger partial charge in [0.1, 0.15) is 7.17 Å². The van der Waals surface area contributed by atoms with Crippen molar-refractivity contribution in [2.75, 3.05) is 0 Å². The van der Waals surface area contributed by atoms with Gasteiger partial charge in [0.2, 0.25) is 0 Å². The first-order valence-electron chi connectivity index (χ1n) is 7.46. The highest BCUT2D eigenvalue weighted by atomic mass is 14.4. The third kappa shape index (κ3) is 2.87. The summed E-state index contributed by atoms with van der Waals surface area (Å²) in [5, 5.41) is 0.375. The molecule has 0 fully saturated rings. The molecular formula is C15H27B3. The van der Waals surface area contributed by atoms with Crippen LogP contribution in [0.4, 0.5) is 0 Å². The Kier molecular flexibility index (Phi) is 5.62. The largest absolute Gasteiger partial charge is 0.115 e. The van der Waals surface area contributed by atoms with Crippen LogP contribution in [0.2, 0.25) is 5.31 Å². The van der Waals surface area contributed by atoms with Gasteiger partial charge in [0.15, 0.2) is 0 Å². The minimum Gasteiger partial charge on any atom is -0.115 e. The van der Waals surface area contributed by atoms with Crippen molar-refractivity contribution in [3.63, 3.8) is 0 Å². The molecule has 0 spiro atoms. The van der Waals surface area contributed by atoms with Crippen LogP contribution >= 0.6 is 0 Å². The molecule has 0 unspecified atom stereocenters. The van der Waals surface area contributed by atoms with Crippen LogP contribution in [0.3, 0.4) is 0 Å². The lowest BCUT2D eigenvalue weighted by Gasteiger charge is -2.46. The van der Waals surface area contributed by atoms with Crippen LogP contribution in [0.1, 0.15) is 41.5 Å². The van der Waals surface area contributed by atoms with Crippen molar-refractivity contribution >= 4 is 21.4 Å². The van der Waals surface area contributed by atoms with Gasteiger partial charge in [-0.05, 0) is 24.1 Å². The van der Waals surface area contributed by atoms with Gasteiger partial charge < -0.3 is 0 Å². The van der Waals surface area contributed by atoms with E-state index in [1.807, 2.05) is 0 Å². The first kappa shape index (κ1) is 15.5. The Morgan fingerprint density at radius 1 is 1.06 bits per heavy atom. The Hall–Kier alpha value is -0.585. The Morgan fingerprint density at radius 3 is 2.17 bits per heavy atom. The normalized spacial score (nSPS) is 19.6. The molecule has 0 atom stereocenters. The molecule has 1 aliphatic rings. The fourth-order valence-corrected chi connectivity index (χ4v) is 3.74. The van der Waals surface area contributed by atoms with Crippen molar-refractivity contribution in [3.05, 3.63) is 35.3 Å². The fourth-order valence-electron chi connectivity index (χ4n) is 3.74. The van der Waals surface area contributed by atoms with E-state index in [-0.39, 0.29) is 0 Å². The molecule has 1 aliphatic heterocycles. The van der Waals surface area contributed by atoms with Gasteiger partial charge in [0.05, 0.1) is 14.2 Å². The highest BCUT2D eigenvalue weighted by Crippen LogP contribution is 2.51. The second kappa shape index (κ2) is 6.54. The predicted octanol–water partition coefficient (Wildman–Crippen LogP) is 3.02. The second-order valence-corrected chi connectivity index (χ2v) is 6.28. The summed E-state index contributed by atoms with van der Waals surface area (Å²) in [6, 6.07) is 0. The average Bonchev–Trinajstić information content (AvgIpc) is 2.30. The lowest BCUT2D eigenvalue weighted by atomic mass is 9.07. The minimum atomic E-state index is 0.375. The summed E-state index contributed by atoms with van der Waals surface area (Å²) >= 11 is 0. The molecule has 0 aliphatic carbocycles. The van der Waals surface area contributed by atoms with Crippen molar-refractivity contribution < 1.29 is 0 Å². The van der Waals surface area contributed by atoms with Crippen LogP contribution in [-0.4, -0.2) is 21.4 Å². The smallest absolute Gasteiger partial charge is 0.109 e. The van der Waals surface area contributed by atoms with E-state index >= 15 is 0 Å². The van der Waals surface area contributed by atoms with E-state index < -0.39 is 0 Å². The molecule has 0 nitrogen and oxygen atoms in total. The van der Waals surface area contributed by atoms with Crippen LogP contribution in [0.15, 0.2) is 35.3 Å². The average molecular weight is 240 g/mol. The van der Waals surface area contributed by atoms with Crippen molar-refractivity contribution in [1.29, 1.82) is 0 Å². The van der Waals surface area contributed by atoms with E-state index in [0.29, 0.717) is 17.2 Å². The zero-order valence-corrected chi connectivity index (χ0v) is 13.1. The monoisotopic (exact) mass is 240 g/mol. The van der Waals surface area contributed by atoms with Gasteiger partial charge in [-0.2, -0.15) is 0 Å². The topological polar surface area (TPSA) is 0 Å². The van der Waals surface area contributed by atoms with E-state index in [4.69, 9.17) is 0 Å². The standard InChI is InChI=1S/C15H27B3/c1-7-8-9-10-14-13(6)16-18-17-15(14,11(2)3)12(4)5/h7-12,16-18H,1-6H3/b8-7-,10-9-. The fraction of sp³-hybridized carbons (Fsp3) is 0.600. The third-order valence-corrected chi connectivity index (χ3v) is 4.73. The van der Waals surface area contributed by atoms with Gasteiger partial charge in [-0.25, -0.2) is 0 Å². The zero-order valence-electron chi connectivity index (χ0n) is 13.1. The Labute approximate surface area is 116 Å². The van der Waals surface area contributed by atoms with E-state index in [0.717, 1.165) is 0 Å². The van der Waals surface area contributed by atoms with E-state index in [2.05, 4.69) is 65.8 Å². The maximum absolute atomic E-state index is 2.39. The lowest BCUT2D eigenvalue weighted by Crippen LogP contribution is -2.42. The highest BCUT2D eigenvalue weighted by molar-refractivity contribution is 7.32. The molecule has 0 amide bonds. The molecule has 18 heavy (non-hydrogen) atoms. The SMILES string of the molecule is C/C=C\C=C/C1=C(C)BBBC1(C(C)C)C(C)C. The second-order valence-electron chi connectivity index (χ2n) is 6.28. The summed E-state index contributed by atoms with van der Waals surface area (Å²) in [4.78, 5) is 0. The van der Waals surface area contributed by atoms with Crippen molar-refractivity contribution in [2.45, 2.75) is 46.9 Å².